The van der Waals surface area contributed by atoms with Crippen LogP contribution in [0.5, 0.6) is 11.5 Å². The predicted molar refractivity (Wildman–Crippen MR) is 195 cm³/mol. The van der Waals surface area contributed by atoms with Gasteiger partial charge in [0, 0.05) is 34.7 Å². The maximum atomic E-state index is 6.74. The van der Waals surface area contributed by atoms with Gasteiger partial charge in [-0.25, -0.2) is 9.67 Å². The monoisotopic (exact) mass is 618 g/mol. The summed E-state index contributed by atoms with van der Waals surface area (Å²) in [5, 5.41) is 7.60. The second-order valence-electron chi connectivity index (χ2n) is 12.9. The van der Waals surface area contributed by atoms with Crippen LogP contribution in [0.25, 0.3) is 44.4 Å². The first-order valence-electron chi connectivity index (χ1n) is 16.8. The standard InChI is InChI=1S/C42H42N4O/c1-7-11-39-42(30-16-14-28(5)15-17-30)37(8-2)44-46(39)32-23-31(27(3)4)24-34(25-32)47-33-18-19-36-35-12-9-10-13-38(35)45(40(36)26-33)41-22-29(6)20-21-43-41/h9-10,12-27H,7-8,11H2,1-6H3. The fraction of sp³-hybridized carbons (Fsp3) is 0.238. The molecule has 0 aliphatic heterocycles. The minimum atomic E-state index is 0.321. The van der Waals surface area contributed by atoms with Gasteiger partial charge in [-0.3, -0.25) is 4.57 Å². The van der Waals surface area contributed by atoms with Crippen molar-refractivity contribution in [3.63, 3.8) is 0 Å². The van der Waals surface area contributed by atoms with Crippen LogP contribution in [0, 0.1) is 13.8 Å². The van der Waals surface area contributed by atoms with Crippen molar-refractivity contribution in [2.24, 2.45) is 0 Å². The van der Waals surface area contributed by atoms with Gasteiger partial charge in [0.1, 0.15) is 17.3 Å². The van der Waals surface area contributed by atoms with E-state index in [2.05, 4.69) is 142 Å². The van der Waals surface area contributed by atoms with Crippen LogP contribution >= 0.6 is 0 Å². The molecule has 0 amide bonds. The highest BCUT2D eigenvalue weighted by atomic mass is 16.5. The molecule has 47 heavy (non-hydrogen) atoms. The molecule has 0 saturated carbocycles. The predicted octanol–water partition coefficient (Wildman–Crippen LogP) is 11.1. The summed E-state index contributed by atoms with van der Waals surface area (Å²) in [7, 11) is 0. The summed E-state index contributed by atoms with van der Waals surface area (Å²) in [6, 6.07) is 34.5. The van der Waals surface area contributed by atoms with Gasteiger partial charge < -0.3 is 4.74 Å². The zero-order chi connectivity index (χ0) is 32.7. The molecule has 0 bridgehead atoms. The van der Waals surface area contributed by atoms with Crippen LogP contribution in [0.1, 0.15) is 68.1 Å². The number of pyridine rings is 1. The van der Waals surface area contributed by atoms with E-state index in [9.17, 15) is 0 Å². The van der Waals surface area contributed by atoms with Crippen LogP contribution in [0.15, 0.2) is 103 Å². The molecule has 3 heterocycles. The number of hydrogen-bond donors (Lipinski definition) is 0. The van der Waals surface area contributed by atoms with Gasteiger partial charge in [-0.2, -0.15) is 5.10 Å². The molecule has 236 valence electrons. The van der Waals surface area contributed by atoms with Crippen molar-refractivity contribution in [3.05, 3.63) is 131 Å². The number of aryl methyl sites for hydroxylation is 3. The first kappa shape index (κ1) is 30.5. The second kappa shape index (κ2) is 12.6. The second-order valence-corrected chi connectivity index (χ2v) is 12.9. The van der Waals surface area contributed by atoms with E-state index in [-0.39, 0.29) is 0 Å². The van der Waals surface area contributed by atoms with E-state index in [0.29, 0.717) is 5.92 Å². The van der Waals surface area contributed by atoms with E-state index >= 15 is 0 Å². The molecule has 0 N–H and O–H groups in total. The normalized spacial score (nSPS) is 11.6. The number of para-hydroxylation sites is 1. The van der Waals surface area contributed by atoms with Gasteiger partial charge in [0.25, 0.3) is 0 Å². The van der Waals surface area contributed by atoms with Crippen molar-refractivity contribution in [2.45, 2.75) is 66.7 Å². The van der Waals surface area contributed by atoms with E-state index in [4.69, 9.17) is 14.8 Å². The fourth-order valence-electron chi connectivity index (χ4n) is 6.65. The Kier molecular flexibility index (Phi) is 8.15. The van der Waals surface area contributed by atoms with Crippen LogP contribution in [0.3, 0.4) is 0 Å². The molecule has 7 aromatic rings. The molecular weight excluding hydrogens is 576 g/mol. The molecular formula is C42H42N4O. The number of fused-ring (bicyclic) bond motifs is 3. The summed E-state index contributed by atoms with van der Waals surface area (Å²) < 4.78 is 11.1. The molecule has 0 unspecified atom stereocenters. The summed E-state index contributed by atoms with van der Waals surface area (Å²) in [6.45, 7) is 13.1. The molecule has 0 radical (unpaired) electrons. The maximum Gasteiger partial charge on any atom is 0.137 e. The lowest BCUT2D eigenvalue weighted by atomic mass is 9.98. The Morgan fingerprint density at radius 3 is 2.28 bits per heavy atom. The molecule has 4 aromatic carbocycles. The number of hydrogen-bond acceptors (Lipinski definition) is 3. The highest BCUT2D eigenvalue weighted by molar-refractivity contribution is 6.09. The number of benzene rings is 4. The van der Waals surface area contributed by atoms with Crippen LogP contribution in [-0.4, -0.2) is 19.3 Å². The van der Waals surface area contributed by atoms with Gasteiger partial charge in [-0.1, -0.05) is 82.1 Å². The van der Waals surface area contributed by atoms with Gasteiger partial charge in [0.2, 0.25) is 0 Å². The van der Waals surface area contributed by atoms with Gasteiger partial charge in [-0.05, 0) is 91.8 Å². The zero-order valence-corrected chi connectivity index (χ0v) is 28.2. The number of aromatic nitrogens is 4. The Morgan fingerprint density at radius 2 is 1.53 bits per heavy atom. The first-order valence-corrected chi connectivity index (χ1v) is 16.8. The third-order valence-electron chi connectivity index (χ3n) is 9.05. The lowest BCUT2D eigenvalue weighted by molar-refractivity contribution is 0.481. The quantitative estimate of drug-likeness (QED) is 0.162. The summed E-state index contributed by atoms with van der Waals surface area (Å²) >= 11 is 0. The summed E-state index contributed by atoms with van der Waals surface area (Å²) in [4.78, 5) is 4.75. The van der Waals surface area contributed by atoms with E-state index in [1.54, 1.807) is 0 Å². The third-order valence-corrected chi connectivity index (χ3v) is 9.05. The zero-order valence-electron chi connectivity index (χ0n) is 28.2. The molecule has 5 nitrogen and oxygen atoms in total. The minimum Gasteiger partial charge on any atom is -0.457 e. The topological polar surface area (TPSA) is 44.9 Å². The van der Waals surface area contributed by atoms with Crippen LogP contribution < -0.4 is 4.74 Å². The van der Waals surface area contributed by atoms with Gasteiger partial charge in [0.05, 0.1) is 28.1 Å². The fourth-order valence-corrected chi connectivity index (χ4v) is 6.65. The van der Waals surface area contributed by atoms with Crippen LogP contribution in [0.4, 0.5) is 0 Å². The molecule has 0 atom stereocenters. The Hall–Kier alpha value is -5.16. The molecule has 0 aliphatic carbocycles. The molecule has 0 fully saturated rings. The molecule has 0 saturated heterocycles. The lowest BCUT2D eigenvalue weighted by Gasteiger charge is -2.16. The number of rotatable bonds is 9. The van der Waals surface area contributed by atoms with Crippen LogP contribution in [0.2, 0.25) is 0 Å². The van der Waals surface area contributed by atoms with E-state index in [1.807, 2.05) is 12.3 Å². The molecule has 0 aliphatic rings. The highest BCUT2D eigenvalue weighted by Crippen LogP contribution is 2.37. The molecule has 3 aromatic heterocycles. The van der Waals surface area contributed by atoms with Crippen molar-refractivity contribution in [2.75, 3.05) is 0 Å². The smallest absolute Gasteiger partial charge is 0.137 e. The molecule has 7 rings (SSSR count). The van der Waals surface area contributed by atoms with E-state index in [1.165, 1.54) is 44.3 Å². The average molecular weight is 619 g/mol. The van der Waals surface area contributed by atoms with Crippen molar-refractivity contribution >= 4 is 21.8 Å². The number of nitrogens with zero attached hydrogens (tertiary/aromatic N) is 4. The highest BCUT2D eigenvalue weighted by Gasteiger charge is 2.21. The summed E-state index contributed by atoms with van der Waals surface area (Å²) in [5.74, 6) is 2.80. The third kappa shape index (κ3) is 5.71. The van der Waals surface area contributed by atoms with Gasteiger partial charge in [-0.15, -0.1) is 0 Å². The van der Waals surface area contributed by atoms with Crippen molar-refractivity contribution in [1.82, 2.24) is 19.3 Å². The Labute approximate surface area is 277 Å². The van der Waals surface area contributed by atoms with Crippen LogP contribution in [-0.2, 0) is 12.8 Å². The Morgan fingerprint density at radius 1 is 0.745 bits per heavy atom. The van der Waals surface area contributed by atoms with Crippen molar-refractivity contribution in [1.29, 1.82) is 0 Å². The molecule has 0 spiro atoms. The van der Waals surface area contributed by atoms with Crippen molar-refractivity contribution < 1.29 is 4.74 Å². The SMILES string of the molecule is CCCc1c(-c2ccc(C)cc2)c(CC)nn1-c1cc(Oc2ccc3c4ccccc4n(-c4cc(C)ccn4)c3c2)cc(C(C)C)c1. The largest absolute Gasteiger partial charge is 0.457 e. The maximum absolute atomic E-state index is 6.74. The minimum absolute atomic E-state index is 0.321. The number of ether oxygens (including phenoxy) is 1. The Bertz CT molecular complexity index is 2220. The summed E-state index contributed by atoms with van der Waals surface area (Å²) in [5.41, 5.74) is 11.7. The van der Waals surface area contributed by atoms with Gasteiger partial charge in [0.15, 0.2) is 0 Å². The van der Waals surface area contributed by atoms with E-state index in [0.717, 1.165) is 59.0 Å². The van der Waals surface area contributed by atoms with E-state index < -0.39 is 0 Å². The van der Waals surface area contributed by atoms with Crippen molar-refractivity contribution in [3.8, 4) is 34.1 Å². The van der Waals surface area contributed by atoms with Gasteiger partial charge >= 0.3 is 0 Å². The average Bonchev–Trinajstić information content (AvgIpc) is 3.60. The first-order chi connectivity index (χ1) is 22.8. The molecule has 5 heteroatoms. The summed E-state index contributed by atoms with van der Waals surface area (Å²) in [6.07, 6.45) is 4.71. The lowest BCUT2D eigenvalue weighted by Crippen LogP contribution is -2.05. The Balaban J connectivity index is 1.36.